The Kier molecular flexibility index (Phi) is 3.32. The molecule has 0 bridgehead atoms. The minimum atomic E-state index is -4.14. The lowest BCUT2D eigenvalue weighted by Crippen LogP contribution is -2.30. The van der Waals surface area contributed by atoms with E-state index < -0.39 is 10.3 Å². The van der Waals surface area contributed by atoms with E-state index in [9.17, 15) is 12.8 Å². The van der Waals surface area contributed by atoms with E-state index in [0.717, 1.165) is 4.31 Å². The Morgan fingerprint density at radius 2 is 2.00 bits per heavy atom. The van der Waals surface area contributed by atoms with Gasteiger partial charge in [-0.1, -0.05) is 0 Å². The molecule has 1 atom stereocenters. The minimum Gasteiger partial charge on any atom is -0.489 e. The van der Waals surface area contributed by atoms with Crippen molar-refractivity contribution >= 4 is 10.3 Å². The summed E-state index contributed by atoms with van der Waals surface area (Å²) in [5, 5.41) is 0. The standard InChI is InChI=1S/C10H12FNO4S/c11-8-1-3-9(4-2-8)16-10-5-6-12(7-10)17(13,14)15/h1-4,10H,5-7H2,(H,13,14,15)/t10-/m0/s1. The quantitative estimate of drug-likeness (QED) is 0.827. The Morgan fingerprint density at radius 3 is 2.53 bits per heavy atom. The Morgan fingerprint density at radius 1 is 1.35 bits per heavy atom. The molecule has 17 heavy (non-hydrogen) atoms. The Bertz CT molecular complexity index is 488. The van der Waals surface area contributed by atoms with Gasteiger partial charge in [0.1, 0.15) is 17.7 Å². The maximum Gasteiger partial charge on any atom is 0.336 e. The van der Waals surface area contributed by atoms with Crippen molar-refractivity contribution in [1.29, 1.82) is 0 Å². The Hall–Kier alpha value is -1.18. The molecule has 0 spiro atoms. The number of hydrogen-bond acceptors (Lipinski definition) is 3. The maximum absolute atomic E-state index is 12.6. The van der Waals surface area contributed by atoms with Crippen LogP contribution in [0, 0.1) is 5.82 Å². The minimum absolute atomic E-state index is 0.107. The Labute approximate surface area is 98.7 Å². The van der Waals surface area contributed by atoms with Crippen molar-refractivity contribution in [2.75, 3.05) is 13.1 Å². The summed E-state index contributed by atoms with van der Waals surface area (Å²) in [6, 6.07) is 5.49. The fourth-order valence-electron chi connectivity index (χ4n) is 1.71. The zero-order valence-corrected chi connectivity index (χ0v) is 9.73. The van der Waals surface area contributed by atoms with Gasteiger partial charge in [0.2, 0.25) is 0 Å². The van der Waals surface area contributed by atoms with Gasteiger partial charge in [-0.15, -0.1) is 0 Å². The first kappa shape index (κ1) is 12.3. The van der Waals surface area contributed by atoms with Crippen LogP contribution in [0.5, 0.6) is 5.75 Å². The fraction of sp³-hybridized carbons (Fsp3) is 0.400. The monoisotopic (exact) mass is 261 g/mol. The number of rotatable bonds is 3. The summed E-state index contributed by atoms with van der Waals surface area (Å²) in [5.41, 5.74) is 0. The second-order valence-corrected chi connectivity index (χ2v) is 5.23. The normalized spacial score (nSPS) is 21.6. The van der Waals surface area contributed by atoms with Gasteiger partial charge >= 0.3 is 10.3 Å². The largest absolute Gasteiger partial charge is 0.489 e. The number of nitrogens with zero attached hydrogens (tertiary/aromatic N) is 1. The maximum atomic E-state index is 12.6. The molecule has 1 N–H and O–H groups in total. The summed E-state index contributed by atoms with van der Waals surface area (Å²) in [4.78, 5) is 0. The van der Waals surface area contributed by atoms with Crippen LogP contribution < -0.4 is 4.74 Å². The van der Waals surface area contributed by atoms with Crippen molar-refractivity contribution in [2.24, 2.45) is 0 Å². The molecule has 1 saturated heterocycles. The molecule has 5 nitrogen and oxygen atoms in total. The van der Waals surface area contributed by atoms with Gasteiger partial charge < -0.3 is 4.74 Å². The van der Waals surface area contributed by atoms with Crippen LogP contribution in [0.2, 0.25) is 0 Å². The van der Waals surface area contributed by atoms with Gasteiger partial charge in [0.05, 0.1) is 6.54 Å². The third-order valence-corrected chi connectivity index (χ3v) is 3.53. The zero-order valence-electron chi connectivity index (χ0n) is 8.91. The van der Waals surface area contributed by atoms with Gasteiger partial charge in [-0.3, -0.25) is 4.55 Å². The van der Waals surface area contributed by atoms with Gasteiger partial charge in [-0.2, -0.15) is 12.7 Å². The van der Waals surface area contributed by atoms with Crippen LogP contribution in [0.25, 0.3) is 0 Å². The predicted octanol–water partition coefficient (Wildman–Crippen LogP) is 1.08. The topological polar surface area (TPSA) is 66.8 Å². The highest BCUT2D eigenvalue weighted by Crippen LogP contribution is 2.19. The third-order valence-electron chi connectivity index (χ3n) is 2.55. The summed E-state index contributed by atoms with van der Waals surface area (Å²) >= 11 is 0. The molecule has 94 valence electrons. The number of ether oxygens (including phenoxy) is 1. The lowest BCUT2D eigenvalue weighted by molar-refractivity contribution is 0.213. The molecule has 1 aromatic carbocycles. The summed E-state index contributed by atoms with van der Waals surface area (Å²) in [6.45, 7) is 0.334. The molecule has 0 saturated carbocycles. The molecule has 1 aliphatic rings. The van der Waals surface area contributed by atoms with Crippen molar-refractivity contribution in [3.63, 3.8) is 0 Å². The lowest BCUT2D eigenvalue weighted by Gasteiger charge is -2.14. The second kappa shape index (κ2) is 4.59. The molecule has 0 aliphatic carbocycles. The molecular formula is C10H12FNO4S. The van der Waals surface area contributed by atoms with Crippen LogP contribution in [-0.2, 0) is 10.3 Å². The van der Waals surface area contributed by atoms with Gasteiger partial charge in [0, 0.05) is 6.54 Å². The van der Waals surface area contributed by atoms with Crippen molar-refractivity contribution in [3.05, 3.63) is 30.1 Å². The van der Waals surface area contributed by atoms with E-state index in [2.05, 4.69) is 0 Å². The first-order chi connectivity index (χ1) is 7.95. The van der Waals surface area contributed by atoms with Crippen LogP contribution in [0.15, 0.2) is 24.3 Å². The molecule has 0 unspecified atom stereocenters. The smallest absolute Gasteiger partial charge is 0.336 e. The molecule has 0 aromatic heterocycles. The summed E-state index contributed by atoms with van der Waals surface area (Å²) < 4.78 is 49.6. The Balaban J connectivity index is 1.96. The van der Waals surface area contributed by atoms with E-state index in [1.807, 2.05) is 0 Å². The van der Waals surface area contributed by atoms with Crippen molar-refractivity contribution < 1.29 is 22.1 Å². The molecule has 1 aliphatic heterocycles. The SMILES string of the molecule is O=S(=O)(O)N1CC[C@H](Oc2ccc(F)cc2)C1. The van der Waals surface area contributed by atoms with E-state index in [1.54, 1.807) is 0 Å². The predicted molar refractivity (Wildman–Crippen MR) is 58.6 cm³/mol. The van der Waals surface area contributed by atoms with E-state index in [4.69, 9.17) is 9.29 Å². The zero-order chi connectivity index (χ0) is 12.5. The van der Waals surface area contributed by atoms with Crippen LogP contribution in [0.4, 0.5) is 4.39 Å². The lowest BCUT2D eigenvalue weighted by atomic mass is 10.3. The van der Waals surface area contributed by atoms with Crippen molar-refractivity contribution in [1.82, 2.24) is 4.31 Å². The molecule has 1 aromatic rings. The second-order valence-electron chi connectivity index (χ2n) is 3.82. The van der Waals surface area contributed by atoms with Gasteiger partial charge in [-0.25, -0.2) is 4.39 Å². The molecular weight excluding hydrogens is 249 g/mol. The fourth-order valence-corrected chi connectivity index (χ4v) is 2.40. The van der Waals surface area contributed by atoms with Crippen LogP contribution in [0.1, 0.15) is 6.42 Å². The number of benzene rings is 1. The molecule has 0 radical (unpaired) electrons. The average Bonchev–Trinajstić information content (AvgIpc) is 2.69. The van der Waals surface area contributed by atoms with E-state index >= 15 is 0 Å². The molecule has 2 rings (SSSR count). The molecule has 1 fully saturated rings. The highest BCUT2D eigenvalue weighted by Gasteiger charge is 2.31. The summed E-state index contributed by atoms with van der Waals surface area (Å²) in [6.07, 6.45) is 0.180. The molecule has 1 heterocycles. The highest BCUT2D eigenvalue weighted by atomic mass is 32.2. The van der Waals surface area contributed by atoms with Crippen LogP contribution in [-0.4, -0.2) is 36.5 Å². The van der Waals surface area contributed by atoms with E-state index in [0.29, 0.717) is 12.2 Å². The van der Waals surface area contributed by atoms with Gasteiger partial charge in [-0.05, 0) is 30.7 Å². The van der Waals surface area contributed by atoms with Crippen LogP contribution in [0.3, 0.4) is 0 Å². The molecule has 0 amide bonds. The van der Waals surface area contributed by atoms with E-state index in [1.165, 1.54) is 24.3 Å². The highest BCUT2D eigenvalue weighted by molar-refractivity contribution is 7.83. The average molecular weight is 261 g/mol. The summed E-state index contributed by atoms with van der Waals surface area (Å²) in [5.74, 6) is 0.122. The van der Waals surface area contributed by atoms with Crippen molar-refractivity contribution in [2.45, 2.75) is 12.5 Å². The number of hydrogen-bond donors (Lipinski definition) is 1. The first-order valence-electron chi connectivity index (χ1n) is 5.10. The van der Waals surface area contributed by atoms with Gasteiger partial charge in [0.15, 0.2) is 0 Å². The van der Waals surface area contributed by atoms with Crippen molar-refractivity contribution in [3.8, 4) is 5.75 Å². The molecule has 7 heteroatoms. The van der Waals surface area contributed by atoms with Crippen LogP contribution >= 0.6 is 0 Å². The third kappa shape index (κ3) is 3.15. The first-order valence-corrected chi connectivity index (χ1v) is 6.49. The van der Waals surface area contributed by atoms with Gasteiger partial charge in [0.25, 0.3) is 0 Å². The van der Waals surface area contributed by atoms with E-state index in [-0.39, 0.29) is 25.0 Å². The summed E-state index contributed by atoms with van der Waals surface area (Å²) in [7, 11) is -4.14. The number of halogens is 1.